The van der Waals surface area contributed by atoms with Crippen molar-refractivity contribution in [2.24, 2.45) is 0 Å². The molecule has 0 N–H and O–H groups in total. The molecule has 0 unspecified atom stereocenters. The van der Waals surface area contributed by atoms with E-state index >= 15 is 0 Å². The fourth-order valence-corrected chi connectivity index (χ4v) is 4.67. The first kappa shape index (κ1) is 22.2. The molecule has 0 atom stereocenters. The number of rotatable bonds is 9. The van der Waals surface area contributed by atoms with Crippen molar-refractivity contribution in [2.45, 2.75) is 64.7 Å². The highest BCUT2D eigenvalue weighted by Gasteiger charge is 2.42. The van der Waals surface area contributed by atoms with E-state index in [-0.39, 0.29) is 11.8 Å². The minimum Gasteiger partial charge on any atom is -0.366 e. The van der Waals surface area contributed by atoms with Crippen molar-refractivity contribution in [2.75, 3.05) is 19.6 Å². The number of carbonyl (C=O) groups excluding carboxylic acids is 2. The Kier molecular flexibility index (Phi) is 8.02. The molecule has 0 spiro atoms. The second-order valence-corrected chi connectivity index (χ2v) is 8.77. The Hall–Kier alpha value is -1.52. The summed E-state index contributed by atoms with van der Waals surface area (Å²) in [7, 11) is 0. The van der Waals surface area contributed by atoms with Crippen molar-refractivity contribution in [3.63, 3.8) is 0 Å². The van der Waals surface area contributed by atoms with E-state index in [4.69, 9.17) is 23.2 Å². The van der Waals surface area contributed by atoms with E-state index in [0.29, 0.717) is 33.4 Å². The van der Waals surface area contributed by atoms with Gasteiger partial charge in [-0.15, -0.1) is 0 Å². The van der Waals surface area contributed by atoms with Crippen LogP contribution in [-0.2, 0) is 9.59 Å². The Bertz CT molecular complexity index is 785. The van der Waals surface area contributed by atoms with Crippen LogP contribution in [0.15, 0.2) is 23.9 Å². The first-order valence-electron chi connectivity index (χ1n) is 10.9. The zero-order valence-electron chi connectivity index (χ0n) is 17.2. The SMILES string of the molecule is CCCCCCCCN1C(=O)C(c2ccc(Cl)cc2Cl)=C(N2CCCCC2)C1=O. The number of carbonyl (C=O) groups is 2. The molecule has 1 aromatic rings. The maximum absolute atomic E-state index is 13.3. The van der Waals surface area contributed by atoms with Crippen molar-refractivity contribution in [3.8, 4) is 0 Å². The van der Waals surface area contributed by atoms with Crippen LogP contribution >= 0.6 is 23.2 Å². The lowest BCUT2D eigenvalue weighted by Crippen LogP contribution is -2.37. The molecule has 4 nitrogen and oxygen atoms in total. The van der Waals surface area contributed by atoms with Crippen LogP contribution in [0.5, 0.6) is 0 Å². The molecule has 1 saturated heterocycles. The van der Waals surface area contributed by atoms with Gasteiger partial charge < -0.3 is 4.90 Å². The van der Waals surface area contributed by atoms with Gasteiger partial charge in [-0.25, -0.2) is 0 Å². The molecule has 6 heteroatoms. The predicted octanol–water partition coefficient (Wildman–Crippen LogP) is 5.92. The molecule has 2 heterocycles. The highest BCUT2D eigenvalue weighted by atomic mass is 35.5. The number of imide groups is 1. The zero-order chi connectivity index (χ0) is 20.8. The van der Waals surface area contributed by atoms with Gasteiger partial charge >= 0.3 is 0 Å². The van der Waals surface area contributed by atoms with Crippen LogP contribution in [0.4, 0.5) is 0 Å². The molecular formula is C23H30Cl2N2O2. The summed E-state index contributed by atoms with van der Waals surface area (Å²) in [4.78, 5) is 30.1. The van der Waals surface area contributed by atoms with Gasteiger partial charge in [0.2, 0.25) is 0 Å². The summed E-state index contributed by atoms with van der Waals surface area (Å²) in [5, 5.41) is 0.921. The largest absolute Gasteiger partial charge is 0.366 e. The van der Waals surface area contributed by atoms with Gasteiger partial charge in [-0.3, -0.25) is 14.5 Å². The van der Waals surface area contributed by atoms with E-state index in [2.05, 4.69) is 11.8 Å². The van der Waals surface area contributed by atoms with Gasteiger partial charge in [0.1, 0.15) is 5.70 Å². The predicted molar refractivity (Wildman–Crippen MR) is 119 cm³/mol. The summed E-state index contributed by atoms with van der Waals surface area (Å²) in [6, 6.07) is 5.11. The Morgan fingerprint density at radius 1 is 0.897 bits per heavy atom. The summed E-state index contributed by atoms with van der Waals surface area (Å²) in [5.74, 6) is -0.403. The highest BCUT2D eigenvalue weighted by Crippen LogP contribution is 2.37. The Morgan fingerprint density at radius 3 is 2.28 bits per heavy atom. The summed E-state index contributed by atoms with van der Waals surface area (Å²) >= 11 is 12.5. The maximum Gasteiger partial charge on any atom is 0.277 e. The molecule has 0 bridgehead atoms. The molecule has 3 rings (SSSR count). The number of unbranched alkanes of at least 4 members (excludes halogenated alkanes) is 5. The first-order valence-corrected chi connectivity index (χ1v) is 11.6. The molecule has 0 aliphatic carbocycles. The number of nitrogens with zero attached hydrogens (tertiary/aromatic N) is 2. The summed E-state index contributed by atoms with van der Waals surface area (Å²) < 4.78 is 0. The fraction of sp³-hybridized carbons (Fsp3) is 0.565. The summed E-state index contributed by atoms with van der Waals surface area (Å²) in [6.45, 7) is 4.26. The number of piperidine rings is 1. The lowest BCUT2D eigenvalue weighted by atomic mass is 10.0. The number of halogens is 2. The van der Waals surface area contributed by atoms with Crippen LogP contribution in [0, 0.1) is 0 Å². The van der Waals surface area contributed by atoms with Crippen molar-refractivity contribution in [3.05, 3.63) is 39.5 Å². The molecule has 29 heavy (non-hydrogen) atoms. The van der Waals surface area contributed by atoms with Gasteiger partial charge in [0.15, 0.2) is 0 Å². The van der Waals surface area contributed by atoms with Gasteiger partial charge in [-0.1, -0.05) is 68.3 Å². The smallest absolute Gasteiger partial charge is 0.277 e. The van der Waals surface area contributed by atoms with Gasteiger partial charge in [0.05, 0.1) is 10.6 Å². The molecule has 1 aromatic carbocycles. The third kappa shape index (κ3) is 5.16. The van der Waals surface area contributed by atoms with E-state index in [1.807, 2.05) is 0 Å². The maximum atomic E-state index is 13.3. The van der Waals surface area contributed by atoms with Crippen molar-refractivity contribution in [1.82, 2.24) is 9.80 Å². The van der Waals surface area contributed by atoms with Crippen LogP contribution in [-0.4, -0.2) is 41.2 Å². The molecule has 2 amide bonds. The number of hydrogen-bond donors (Lipinski definition) is 0. The van der Waals surface area contributed by atoms with Crippen molar-refractivity contribution >= 4 is 40.6 Å². The molecular weight excluding hydrogens is 407 g/mol. The van der Waals surface area contributed by atoms with Crippen LogP contribution in [0.25, 0.3) is 5.57 Å². The molecule has 0 radical (unpaired) electrons. The van der Waals surface area contributed by atoms with Crippen LogP contribution in [0.2, 0.25) is 10.0 Å². The molecule has 0 saturated carbocycles. The minimum absolute atomic E-state index is 0.175. The van der Waals surface area contributed by atoms with Crippen LogP contribution in [0.3, 0.4) is 0 Å². The average molecular weight is 437 g/mol. The molecule has 1 fully saturated rings. The first-order chi connectivity index (χ1) is 14.0. The summed E-state index contributed by atoms with van der Waals surface area (Å²) in [5.41, 5.74) is 1.55. The van der Waals surface area contributed by atoms with E-state index < -0.39 is 0 Å². The fourth-order valence-electron chi connectivity index (χ4n) is 4.16. The normalized spacial score (nSPS) is 17.6. The van der Waals surface area contributed by atoms with Crippen LogP contribution in [0.1, 0.15) is 70.3 Å². The second-order valence-electron chi connectivity index (χ2n) is 7.93. The third-order valence-corrected chi connectivity index (χ3v) is 6.30. The second kappa shape index (κ2) is 10.5. The lowest BCUT2D eigenvalue weighted by Gasteiger charge is -2.29. The molecule has 0 aromatic heterocycles. The van der Waals surface area contributed by atoms with Gasteiger partial charge in [-0.2, -0.15) is 0 Å². The molecule has 2 aliphatic heterocycles. The van der Waals surface area contributed by atoms with Crippen LogP contribution < -0.4 is 0 Å². The van der Waals surface area contributed by atoms with E-state index in [0.717, 1.165) is 51.6 Å². The Balaban J connectivity index is 1.83. The van der Waals surface area contributed by atoms with Crippen molar-refractivity contribution < 1.29 is 9.59 Å². The van der Waals surface area contributed by atoms with Gasteiger partial charge in [0.25, 0.3) is 11.8 Å². The Labute approximate surface area is 183 Å². The quantitative estimate of drug-likeness (QED) is 0.356. The topological polar surface area (TPSA) is 40.6 Å². The number of hydrogen-bond acceptors (Lipinski definition) is 3. The number of amides is 2. The number of benzene rings is 1. The van der Waals surface area contributed by atoms with E-state index in [9.17, 15) is 9.59 Å². The van der Waals surface area contributed by atoms with Crippen molar-refractivity contribution in [1.29, 1.82) is 0 Å². The average Bonchev–Trinajstić information content (AvgIpc) is 2.95. The lowest BCUT2D eigenvalue weighted by molar-refractivity contribution is -0.137. The zero-order valence-corrected chi connectivity index (χ0v) is 18.7. The van der Waals surface area contributed by atoms with E-state index in [1.165, 1.54) is 24.2 Å². The molecule has 2 aliphatic rings. The monoisotopic (exact) mass is 436 g/mol. The van der Waals surface area contributed by atoms with Gasteiger partial charge in [0, 0.05) is 30.2 Å². The van der Waals surface area contributed by atoms with Gasteiger partial charge in [-0.05, 0) is 37.8 Å². The standard InChI is InChI=1S/C23H30Cl2N2O2/c1-2-3-4-5-6-10-15-27-22(28)20(18-12-11-17(24)16-19(18)25)21(23(27)29)26-13-8-7-9-14-26/h11-12,16H,2-10,13-15H2,1H3. The molecule has 158 valence electrons. The third-order valence-electron chi connectivity index (χ3n) is 5.75. The number of likely N-dealkylation sites (tertiary alicyclic amines) is 1. The summed E-state index contributed by atoms with van der Waals surface area (Å²) in [6.07, 6.45) is 9.90. The van der Waals surface area contributed by atoms with E-state index in [1.54, 1.807) is 18.2 Å². The highest BCUT2D eigenvalue weighted by molar-refractivity contribution is 6.41. The Morgan fingerprint density at radius 2 is 1.59 bits per heavy atom. The minimum atomic E-state index is -0.228.